The number of likely N-dealkylation sites (tertiary alicyclic amines) is 1. The van der Waals surface area contributed by atoms with Crippen LogP contribution in [0, 0.1) is 5.41 Å². The van der Waals surface area contributed by atoms with Gasteiger partial charge in [0.15, 0.2) is 0 Å². The third kappa shape index (κ3) is 3.51. The molecule has 108 valence electrons. The molecule has 1 spiro atoms. The standard InChI is InChI=1S/C11H16F3N3O2/c12-11(13,14)7-16-9(19)17-3-1-10(2-4-17)5-8(18)15-6-10/h1-7H2,(H,15,18)(H,16,19). The van der Waals surface area contributed by atoms with Gasteiger partial charge in [0.2, 0.25) is 5.91 Å². The number of hydrogen-bond acceptors (Lipinski definition) is 2. The summed E-state index contributed by atoms with van der Waals surface area (Å²) in [6.07, 6.45) is -2.66. The van der Waals surface area contributed by atoms with Crippen molar-refractivity contribution in [1.29, 1.82) is 0 Å². The predicted molar refractivity (Wildman–Crippen MR) is 60.3 cm³/mol. The molecule has 2 aliphatic heterocycles. The minimum absolute atomic E-state index is 0.00923. The van der Waals surface area contributed by atoms with Crippen molar-refractivity contribution in [3.05, 3.63) is 0 Å². The zero-order chi connectivity index (χ0) is 14.1. The summed E-state index contributed by atoms with van der Waals surface area (Å²) >= 11 is 0. The van der Waals surface area contributed by atoms with Crippen molar-refractivity contribution in [2.24, 2.45) is 5.41 Å². The number of amides is 3. The van der Waals surface area contributed by atoms with Crippen molar-refractivity contribution in [1.82, 2.24) is 15.5 Å². The van der Waals surface area contributed by atoms with Crippen LogP contribution in [0.15, 0.2) is 0 Å². The van der Waals surface area contributed by atoms with Gasteiger partial charge in [-0.15, -0.1) is 0 Å². The Morgan fingerprint density at radius 1 is 1.37 bits per heavy atom. The fourth-order valence-electron chi connectivity index (χ4n) is 2.58. The molecule has 2 heterocycles. The van der Waals surface area contributed by atoms with Crippen LogP contribution in [0.3, 0.4) is 0 Å². The number of carbonyl (C=O) groups is 2. The number of urea groups is 1. The van der Waals surface area contributed by atoms with E-state index in [-0.39, 0.29) is 11.3 Å². The molecular formula is C11H16F3N3O2. The quantitative estimate of drug-likeness (QED) is 0.748. The Kier molecular flexibility index (Phi) is 3.60. The van der Waals surface area contributed by atoms with E-state index >= 15 is 0 Å². The molecule has 2 aliphatic rings. The second kappa shape index (κ2) is 4.90. The van der Waals surface area contributed by atoms with Crippen molar-refractivity contribution in [2.75, 3.05) is 26.2 Å². The highest BCUT2D eigenvalue weighted by Crippen LogP contribution is 2.37. The van der Waals surface area contributed by atoms with Gasteiger partial charge in [-0.3, -0.25) is 4.79 Å². The number of hydrogen-bond donors (Lipinski definition) is 2. The highest BCUT2D eigenvalue weighted by molar-refractivity contribution is 5.79. The molecular weight excluding hydrogens is 263 g/mol. The molecule has 0 aromatic heterocycles. The number of rotatable bonds is 1. The van der Waals surface area contributed by atoms with Crippen LogP contribution in [0.5, 0.6) is 0 Å². The van der Waals surface area contributed by atoms with E-state index in [2.05, 4.69) is 5.32 Å². The van der Waals surface area contributed by atoms with Gasteiger partial charge in [-0.25, -0.2) is 4.79 Å². The van der Waals surface area contributed by atoms with Crippen LogP contribution in [0.2, 0.25) is 0 Å². The molecule has 5 nitrogen and oxygen atoms in total. The second-order valence-corrected chi connectivity index (χ2v) is 5.21. The van der Waals surface area contributed by atoms with Crippen molar-refractivity contribution >= 4 is 11.9 Å². The smallest absolute Gasteiger partial charge is 0.356 e. The monoisotopic (exact) mass is 279 g/mol. The molecule has 0 radical (unpaired) electrons. The highest BCUT2D eigenvalue weighted by atomic mass is 19.4. The van der Waals surface area contributed by atoms with Crippen LogP contribution in [0.1, 0.15) is 19.3 Å². The fraction of sp³-hybridized carbons (Fsp3) is 0.818. The van der Waals surface area contributed by atoms with Gasteiger partial charge in [0.1, 0.15) is 6.54 Å². The molecule has 8 heteroatoms. The maximum absolute atomic E-state index is 12.0. The molecule has 2 rings (SSSR count). The minimum atomic E-state index is -4.39. The van der Waals surface area contributed by atoms with Crippen molar-refractivity contribution < 1.29 is 22.8 Å². The first-order valence-corrected chi connectivity index (χ1v) is 6.16. The van der Waals surface area contributed by atoms with Crippen LogP contribution in [0.4, 0.5) is 18.0 Å². The summed E-state index contributed by atoms with van der Waals surface area (Å²) in [5, 5.41) is 4.62. The van der Waals surface area contributed by atoms with E-state index in [1.807, 2.05) is 5.32 Å². The number of halogens is 3. The normalized spacial score (nSPS) is 22.5. The third-order valence-corrected chi connectivity index (χ3v) is 3.75. The summed E-state index contributed by atoms with van der Waals surface area (Å²) < 4.78 is 36.0. The molecule has 0 saturated carbocycles. The molecule has 2 saturated heterocycles. The fourth-order valence-corrected chi connectivity index (χ4v) is 2.58. The first-order chi connectivity index (χ1) is 8.80. The number of nitrogens with one attached hydrogen (secondary N) is 2. The summed E-state index contributed by atoms with van der Waals surface area (Å²) in [5.41, 5.74) is -0.113. The van der Waals surface area contributed by atoms with E-state index in [0.29, 0.717) is 38.9 Å². The number of nitrogens with zero attached hydrogens (tertiary/aromatic N) is 1. The van der Waals surface area contributed by atoms with Crippen LogP contribution < -0.4 is 10.6 Å². The first-order valence-electron chi connectivity index (χ1n) is 6.16. The molecule has 0 aliphatic carbocycles. The minimum Gasteiger partial charge on any atom is -0.356 e. The first kappa shape index (κ1) is 14.0. The van der Waals surface area contributed by atoms with E-state index in [4.69, 9.17) is 0 Å². The molecule has 2 N–H and O–H groups in total. The summed E-state index contributed by atoms with van der Waals surface area (Å²) in [4.78, 5) is 24.1. The lowest BCUT2D eigenvalue weighted by atomic mass is 9.78. The van der Waals surface area contributed by atoms with Gasteiger partial charge in [-0.1, -0.05) is 0 Å². The lowest BCUT2D eigenvalue weighted by Crippen LogP contribution is -2.49. The van der Waals surface area contributed by atoms with Crippen LogP contribution in [-0.4, -0.2) is 49.2 Å². The molecule has 2 fully saturated rings. The van der Waals surface area contributed by atoms with Gasteiger partial charge in [0.05, 0.1) is 0 Å². The van der Waals surface area contributed by atoms with Gasteiger partial charge in [-0.2, -0.15) is 13.2 Å². The largest absolute Gasteiger partial charge is 0.405 e. The maximum Gasteiger partial charge on any atom is 0.405 e. The molecule has 0 aromatic carbocycles. The zero-order valence-corrected chi connectivity index (χ0v) is 10.3. The van der Waals surface area contributed by atoms with Crippen LogP contribution in [-0.2, 0) is 4.79 Å². The van der Waals surface area contributed by atoms with Gasteiger partial charge in [-0.05, 0) is 18.3 Å². The predicted octanol–water partition coefficient (Wildman–Crippen LogP) is 0.860. The molecule has 3 amide bonds. The third-order valence-electron chi connectivity index (χ3n) is 3.75. The Labute approximate surface area is 108 Å². The van der Waals surface area contributed by atoms with E-state index in [9.17, 15) is 22.8 Å². The lowest BCUT2D eigenvalue weighted by molar-refractivity contribution is -0.123. The van der Waals surface area contributed by atoms with Crippen LogP contribution >= 0.6 is 0 Å². The van der Waals surface area contributed by atoms with Gasteiger partial charge in [0, 0.05) is 26.1 Å². The van der Waals surface area contributed by atoms with Crippen molar-refractivity contribution in [3.8, 4) is 0 Å². The second-order valence-electron chi connectivity index (χ2n) is 5.21. The summed E-state index contributed by atoms with van der Waals surface area (Å²) in [6.45, 7) is 0.0641. The number of carbonyl (C=O) groups excluding carboxylic acids is 2. The van der Waals surface area contributed by atoms with Crippen molar-refractivity contribution in [2.45, 2.75) is 25.4 Å². The van der Waals surface area contributed by atoms with Gasteiger partial charge in [0.25, 0.3) is 0 Å². The Morgan fingerprint density at radius 3 is 2.47 bits per heavy atom. The molecule has 0 aromatic rings. The molecule has 19 heavy (non-hydrogen) atoms. The average molecular weight is 279 g/mol. The van der Waals surface area contributed by atoms with Gasteiger partial charge >= 0.3 is 12.2 Å². The topological polar surface area (TPSA) is 61.4 Å². The Balaban J connectivity index is 1.80. The maximum atomic E-state index is 12.0. The number of piperidine rings is 1. The summed E-state index contributed by atoms with van der Waals surface area (Å²) in [5.74, 6) is 0.00923. The van der Waals surface area contributed by atoms with E-state index in [1.54, 1.807) is 0 Å². The van der Waals surface area contributed by atoms with E-state index in [1.165, 1.54) is 4.90 Å². The van der Waals surface area contributed by atoms with E-state index in [0.717, 1.165) is 0 Å². The average Bonchev–Trinajstić information content (AvgIpc) is 2.68. The SMILES string of the molecule is O=C1CC2(CCN(C(=O)NCC(F)(F)F)CC2)CN1. The summed E-state index contributed by atoms with van der Waals surface area (Å²) in [7, 11) is 0. The molecule has 0 atom stereocenters. The van der Waals surface area contributed by atoms with Crippen molar-refractivity contribution in [3.63, 3.8) is 0 Å². The number of alkyl halides is 3. The summed E-state index contributed by atoms with van der Waals surface area (Å²) in [6, 6.07) is -0.690. The zero-order valence-electron chi connectivity index (χ0n) is 10.3. The molecule has 0 unspecified atom stereocenters. The highest BCUT2D eigenvalue weighted by Gasteiger charge is 2.41. The Morgan fingerprint density at radius 2 is 2.00 bits per heavy atom. The molecule has 0 bridgehead atoms. The lowest BCUT2D eigenvalue weighted by Gasteiger charge is -2.38. The van der Waals surface area contributed by atoms with E-state index < -0.39 is 18.8 Å². The Bertz CT molecular complexity index is 376. The van der Waals surface area contributed by atoms with Crippen LogP contribution in [0.25, 0.3) is 0 Å². The Hall–Kier alpha value is -1.47. The van der Waals surface area contributed by atoms with Gasteiger partial charge < -0.3 is 15.5 Å².